The van der Waals surface area contributed by atoms with Crippen LogP contribution in [0.15, 0.2) is 30.3 Å². The lowest BCUT2D eigenvalue weighted by molar-refractivity contribution is 0.0732. The molecule has 1 aliphatic rings. The van der Waals surface area contributed by atoms with Crippen LogP contribution in [0, 0.1) is 0 Å². The van der Waals surface area contributed by atoms with Gasteiger partial charge in [-0.3, -0.25) is 4.90 Å². The van der Waals surface area contributed by atoms with E-state index in [1.54, 1.807) is 0 Å². The minimum absolute atomic E-state index is 0.346. The van der Waals surface area contributed by atoms with Crippen molar-refractivity contribution in [1.29, 1.82) is 0 Å². The van der Waals surface area contributed by atoms with Gasteiger partial charge >= 0.3 is 0 Å². The predicted octanol–water partition coefficient (Wildman–Crippen LogP) is 2.59. The van der Waals surface area contributed by atoms with Crippen molar-refractivity contribution in [2.24, 2.45) is 0 Å². The van der Waals surface area contributed by atoms with Gasteiger partial charge in [0.05, 0.1) is 6.10 Å². The zero-order valence-corrected chi connectivity index (χ0v) is 9.97. The minimum Gasteiger partial charge on any atom is -0.387 e. The van der Waals surface area contributed by atoms with E-state index in [1.807, 2.05) is 30.3 Å². The number of aliphatic hydroxyl groups excluding tert-OH is 1. The van der Waals surface area contributed by atoms with E-state index >= 15 is 0 Å². The van der Waals surface area contributed by atoms with Gasteiger partial charge in [-0.05, 0) is 31.9 Å². The van der Waals surface area contributed by atoms with Crippen LogP contribution in [0.1, 0.15) is 37.9 Å². The van der Waals surface area contributed by atoms with Crippen LogP contribution >= 0.6 is 0 Å². The Hall–Kier alpha value is -0.860. The lowest BCUT2D eigenvalue weighted by Crippen LogP contribution is -2.40. The molecule has 1 aromatic rings. The Morgan fingerprint density at radius 3 is 2.75 bits per heavy atom. The average molecular weight is 219 g/mol. The SMILES string of the molecule is C[C@H]1CCCCN1C[C@@H](O)c1ccccc1. The molecule has 1 aromatic carbocycles. The molecule has 2 rings (SSSR count). The topological polar surface area (TPSA) is 23.5 Å². The normalized spacial score (nSPS) is 24.2. The molecule has 0 amide bonds. The van der Waals surface area contributed by atoms with E-state index in [0.717, 1.165) is 18.7 Å². The molecule has 0 spiro atoms. The van der Waals surface area contributed by atoms with E-state index in [9.17, 15) is 5.11 Å². The van der Waals surface area contributed by atoms with Gasteiger partial charge in [0.2, 0.25) is 0 Å². The third kappa shape index (κ3) is 2.83. The fourth-order valence-electron chi connectivity index (χ4n) is 2.43. The van der Waals surface area contributed by atoms with Gasteiger partial charge in [0, 0.05) is 12.6 Å². The minimum atomic E-state index is -0.346. The molecule has 88 valence electrons. The summed E-state index contributed by atoms with van der Waals surface area (Å²) >= 11 is 0. The highest BCUT2D eigenvalue weighted by molar-refractivity contribution is 5.17. The van der Waals surface area contributed by atoms with Crippen LogP contribution in [-0.4, -0.2) is 29.1 Å². The largest absolute Gasteiger partial charge is 0.387 e. The van der Waals surface area contributed by atoms with Crippen LogP contribution in [0.4, 0.5) is 0 Å². The van der Waals surface area contributed by atoms with Gasteiger partial charge < -0.3 is 5.11 Å². The molecule has 1 saturated heterocycles. The van der Waals surface area contributed by atoms with Crippen LogP contribution in [0.2, 0.25) is 0 Å². The molecule has 0 saturated carbocycles. The zero-order valence-electron chi connectivity index (χ0n) is 9.97. The van der Waals surface area contributed by atoms with Gasteiger partial charge in [-0.2, -0.15) is 0 Å². The van der Waals surface area contributed by atoms with Gasteiger partial charge in [0.15, 0.2) is 0 Å². The molecular weight excluding hydrogens is 198 g/mol. The monoisotopic (exact) mass is 219 g/mol. The first-order chi connectivity index (χ1) is 7.77. The van der Waals surface area contributed by atoms with Gasteiger partial charge in [-0.25, -0.2) is 0 Å². The number of nitrogens with zero attached hydrogens (tertiary/aromatic N) is 1. The van der Waals surface area contributed by atoms with Crippen LogP contribution in [-0.2, 0) is 0 Å². The Morgan fingerprint density at radius 2 is 2.06 bits per heavy atom. The van der Waals surface area contributed by atoms with Crippen molar-refractivity contribution < 1.29 is 5.11 Å². The number of piperidine rings is 1. The first kappa shape index (κ1) is 11.6. The standard InChI is InChI=1S/C14H21NO/c1-12-7-5-6-10-15(12)11-14(16)13-8-3-2-4-9-13/h2-4,8-9,12,14,16H,5-7,10-11H2,1H3/t12-,14+/m0/s1. The molecule has 1 fully saturated rings. The second-order valence-electron chi connectivity index (χ2n) is 4.77. The molecule has 0 unspecified atom stereocenters. The first-order valence-electron chi connectivity index (χ1n) is 6.24. The van der Waals surface area contributed by atoms with Crippen molar-refractivity contribution in [3.8, 4) is 0 Å². The Bertz CT molecular complexity index is 312. The van der Waals surface area contributed by atoms with Crippen molar-refractivity contribution in [3.63, 3.8) is 0 Å². The summed E-state index contributed by atoms with van der Waals surface area (Å²) in [5.74, 6) is 0. The molecule has 0 radical (unpaired) electrons. The summed E-state index contributed by atoms with van der Waals surface area (Å²) in [6.07, 6.45) is 3.52. The maximum Gasteiger partial charge on any atom is 0.0917 e. The van der Waals surface area contributed by atoms with Crippen molar-refractivity contribution in [2.45, 2.75) is 38.3 Å². The van der Waals surface area contributed by atoms with E-state index in [-0.39, 0.29) is 6.10 Å². The zero-order chi connectivity index (χ0) is 11.4. The molecular formula is C14H21NO. The molecule has 2 atom stereocenters. The van der Waals surface area contributed by atoms with Crippen LogP contribution in [0.5, 0.6) is 0 Å². The quantitative estimate of drug-likeness (QED) is 0.844. The summed E-state index contributed by atoms with van der Waals surface area (Å²) in [5.41, 5.74) is 1.03. The Balaban J connectivity index is 1.94. The highest BCUT2D eigenvalue weighted by Crippen LogP contribution is 2.20. The number of hydrogen-bond donors (Lipinski definition) is 1. The molecule has 0 aliphatic carbocycles. The third-order valence-corrected chi connectivity index (χ3v) is 3.53. The molecule has 16 heavy (non-hydrogen) atoms. The second kappa shape index (κ2) is 5.46. The van der Waals surface area contributed by atoms with Crippen molar-refractivity contribution >= 4 is 0 Å². The summed E-state index contributed by atoms with van der Waals surface area (Å²) in [7, 11) is 0. The number of hydrogen-bond acceptors (Lipinski definition) is 2. The predicted molar refractivity (Wildman–Crippen MR) is 66.3 cm³/mol. The molecule has 2 nitrogen and oxygen atoms in total. The van der Waals surface area contributed by atoms with Gasteiger partial charge in [-0.1, -0.05) is 36.8 Å². The first-order valence-corrected chi connectivity index (χ1v) is 6.24. The maximum atomic E-state index is 10.1. The van der Waals surface area contributed by atoms with Gasteiger partial charge in [0.25, 0.3) is 0 Å². The number of likely N-dealkylation sites (tertiary alicyclic amines) is 1. The summed E-state index contributed by atoms with van der Waals surface area (Å²) in [4.78, 5) is 2.40. The molecule has 1 heterocycles. The molecule has 0 aromatic heterocycles. The summed E-state index contributed by atoms with van der Waals surface area (Å²) in [5, 5.41) is 10.1. The van der Waals surface area contributed by atoms with Crippen LogP contribution < -0.4 is 0 Å². The molecule has 0 bridgehead atoms. The van der Waals surface area contributed by atoms with E-state index in [1.165, 1.54) is 19.3 Å². The highest BCUT2D eigenvalue weighted by Gasteiger charge is 2.21. The van der Waals surface area contributed by atoms with Gasteiger partial charge in [0.1, 0.15) is 0 Å². The van der Waals surface area contributed by atoms with Crippen LogP contribution in [0.3, 0.4) is 0 Å². The smallest absolute Gasteiger partial charge is 0.0917 e. The van der Waals surface area contributed by atoms with E-state index in [2.05, 4.69) is 11.8 Å². The van der Waals surface area contributed by atoms with Crippen molar-refractivity contribution in [1.82, 2.24) is 4.90 Å². The van der Waals surface area contributed by atoms with E-state index in [4.69, 9.17) is 0 Å². The summed E-state index contributed by atoms with van der Waals surface area (Å²) < 4.78 is 0. The molecule has 2 heteroatoms. The Morgan fingerprint density at radius 1 is 1.31 bits per heavy atom. The van der Waals surface area contributed by atoms with Crippen molar-refractivity contribution in [2.75, 3.05) is 13.1 Å². The van der Waals surface area contributed by atoms with E-state index < -0.39 is 0 Å². The van der Waals surface area contributed by atoms with Gasteiger partial charge in [-0.15, -0.1) is 0 Å². The van der Waals surface area contributed by atoms with E-state index in [0.29, 0.717) is 6.04 Å². The number of rotatable bonds is 3. The maximum absolute atomic E-state index is 10.1. The highest BCUT2D eigenvalue weighted by atomic mass is 16.3. The Labute approximate surface area is 97.9 Å². The lowest BCUT2D eigenvalue weighted by Gasteiger charge is -2.34. The summed E-state index contributed by atoms with van der Waals surface area (Å²) in [6.45, 7) is 4.16. The third-order valence-electron chi connectivity index (χ3n) is 3.53. The van der Waals surface area contributed by atoms with Crippen molar-refractivity contribution in [3.05, 3.63) is 35.9 Å². The number of aliphatic hydroxyl groups is 1. The average Bonchev–Trinajstić information content (AvgIpc) is 2.33. The second-order valence-corrected chi connectivity index (χ2v) is 4.77. The lowest BCUT2D eigenvalue weighted by atomic mass is 10.0. The van der Waals surface area contributed by atoms with Crippen LogP contribution in [0.25, 0.3) is 0 Å². The summed E-state index contributed by atoms with van der Waals surface area (Å²) in [6, 6.07) is 10.6. The fraction of sp³-hybridized carbons (Fsp3) is 0.571. The number of benzene rings is 1. The molecule has 1 aliphatic heterocycles. The Kier molecular flexibility index (Phi) is 3.97. The molecule has 1 N–H and O–H groups in total. The fourth-order valence-corrected chi connectivity index (χ4v) is 2.43. The number of β-amino-alcohol motifs (C(OH)–C–C–N with tert-alkyl or cyclic N) is 1.